The maximum Gasteiger partial charge on any atom is 0.339 e. The second kappa shape index (κ2) is 5.35. The van der Waals surface area contributed by atoms with Crippen molar-refractivity contribution in [1.82, 2.24) is 4.98 Å². The van der Waals surface area contributed by atoms with E-state index in [1.165, 1.54) is 26.1 Å². The molecule has 0 spiro atoms. The summed E-state index contributed by atoms with van der Waals surface area (Å²) in [5, 5.41) is 11.3. The molecular weight excluding hydrogens is 282 g/mol. The Kier molecular flexibility index (Phi) is 3.75. The molecule has 0 aliphatic rings. The van der Waals surface area contributed by atoms with Gasteiger partial charge in [0.15, 0.2) is 0 Å². The molecule has 0 unspecified atom stereocenters. The number of aryl methyl sites for hydroxylation is 2. The summed E-state index contributed by atoms with van der Waals surface area (Å²) < 4.78 is 27.5. The average molecular weight is 294 g/mol. The largest absolute Gasteiger partial charge is 0.478 e. The van der Waals surface area contributed by atoms with E-state index in [0.717, 1.165) is 6.07 Å². The highest BCUT2D eigenvalue weighted by Gasteiger charge is 2.22. The van der Waals surface area contributed by atoms with Crippen molar-refractivity contribution in [2.45, 2.75) is 13.8 Å². The molecule has 0 bridgehead atoms. The first kappa shape index (κ1) is 14.7. The lowest BCUT2D eigenvalue weighted by Crippen LogP contribution is -2.18. The Labute approximate surface area is 118 Å². The lowest BCUT2D eigenvalue weighted by molar-refractivity contribution is 0.0697. The molecule has 5 nitrogen and oxygen atoms in total. The van der Waals surface area contributed by atoms with Gasteiger partial charge in [0.05, 0.1) is 5.69 Å². The summed E-state index contributed by atoms with van der Waals surface area (Å²) in [4.78, 5) is 25.7. The molecule has 0 saturated heterocycles. The van der Waals surface area contributed by atoms with Crippen LogP contribution in [0, 0.1) is 25.5 Å². The molecule has 1 aromatic carbocycles. The summed E-state index contributed by atoms with van der Waals surface area (Å²) >= 11 is 0. The second-order valence-corrected chi connectivity index (χ2v) is 4.51. The molecule has 1 amide bonds. The molecule has 7 heteroatoms. The lowest BCUT2D eigenvalue weighted by atomic mass is 10.1. The molecule has 3 N–H and O–H groups in total. The Balaban J connectivity index is 2.40. The first-order chi connectivity index (χ1) is 9.82. The highest BCUT2D eigenvalue weighted by molar-refractivity contribution is 6.08. The van der Waals surface area contributed by atoms with Gasteiger partial charge in [-0.2, -0.15) is 0 Å². The molecule has 0 fully saturated rings. The Morgan fingerprint density at radius 2 is 1.86 bits per heavy atom. The number of rotatable bonds is 3. The van der Waals surface area contributed by atoms with Crippen LogP contribution in [0.3, 0.4) is 0 Å². The van der Waals surface area contributed by atoms with Gasteiger partial charge in [-0.1, -0.05) is 6.07 Å². The van der Waals surface area contributed by atoms with Gasteiger partial charge in [0.2, 0.25) is 0 Å². The van der Waals surface area contributed by atoms with Gasteiger partial charge < -0.3 is 15.4 Å². The van der Waals surface area contributed by atoms with Gasteiger partial charge in [-0.3, -0.25) is 4.79 Å². The predicted molar refractivity (Wildman–Crippen MR) is 71.5 cm³/mol. The van der Waals surface area contributed by atoms with Crippen molar-refractivity contribution in [1.29, 1.82) is 0 Å². The van der Waals surface area contributed by atoms with Gasteiger partial charge in [0.25, 0.3) is 5.91 Å². The van der Waals surface area contributed by atoms with Crippen LogP contribution in [0.25, 0.3) is 0 Å². The summed E-state index contributed by atoms with van der Waals surface area (Å²) in [6.45, 7) is 2.90. The van der Waals surface area contributed by atoms with Crippen LogP contribution in [0.1, 0.15) is 32.0 Å². The molecule has 1 heterocycles. The number of aromatic nitrogens is 1. The summed E-state index contributed by atoms with van der Waals surface area (Å²) in [5.74, 6) is -4.29. The Morgan fingerprint density at radius 3 is 2.48 bits per heavy atom. The molecule has 0 radical (unpaired) electrons. The molecule has 110 valence electrons. The summed E-state index contributed by atoms with van der Waals surface area (Å²) in [6, 6.07) is 2.19. The van der Waals surface area contributed by atoms with Gasteiger partial charge in [0, 0.05) is 11.9 Å². The smallest absolute Gasteiger partial charge is 0.339 e. The quantitative estimate of drug-likeness (QED) is 0.814. The van der Waals surface area contributed by atoms with Crippen LogP contribution in [0.4, 0.5) is 14.5 Å². The topological polar surface area (TPSA) is 82.2 Å². The van der Waals surface area contributed by atoms with Gasteiger partial charge >= 0.3 is 5.97 Å². The third-order valence-corrected chi connectivity index (χ3v) is 3.05. The van der Waals surface area contributed by atoms with Crippen molar-refractivity contribution in [3.8, 4) is 0 Å². The minimum Gasteiger partial charge on any atom is -0.478 e. The molecule has 21 heavy (non-hydrogen) atoms. The number of aromatic carboxylic acids is 1. The van der Waals surface area contributed by atoms with E-state index in [-0.39, 0.29) is 16.8 Å². The number of carboxylic acids is 1. The fraction of sp³-hybridized carbons (Fsp3) is 0.143. The predicted octanol–water partition coefficient (Wildman–Crippen LogP) is 2.86. The molecule has 0 aliphatic heterocycles. The number of carbonyl (C=O) groups excluding carboxylic acids is 1. The number of H-pyrrole nitrogens is 1. The number of anilines is 1. The van der Waals surface area contributed by atoms with Gasteiger partial charge in [0.1, 0.15) is 22.8 Å². The first-order valence-electron chi connectivity index (χ1n) is 6.00. The highest BCUT2D eigenvalue weighted by atomic mass is 19.1. The van der Waals surface area contributed by atoms with Crippen LogP contribution in [0.2, 0.25) is 0 Å². The van der Waals surface area contributed by atoms with Crippen molar-refractivity contribution in [3.63, 3.8) is 0 Å². The molecular formula is C14H12F2N2O3. The Bertz CT molecular complexity index is 738. The fourth-order valence-electron chi connectivity index (χ4n) is 1.95. The third-order valence-electron chi connectivity index (χ3n) is 3.05. The van der Waals surface area contributed by atoms with Crippen LogP contribution in [-0.4, -0.2) is 22.0 Å². The molecule has 2 aromatic rings. The van der Waals surface area contributed by atoms with E-state index in [1.807, 2.05) is 0 Å². The van der Waals surface area contributed by atoms with Crippen molar-refractivity contribution < 1.29 is 23.5 Å². The average Bonchev–Trinajstić information content (AvgIpc) is 2.75. The van der Waals surface area contributed by atoms with Crippen molar-refractivity contribution in [2.24, 2.45) is 0 Å². The molecule has 1 aromatic heterocycles. The third kappa shape index (κ3) is 2.62. The number of benzene rings is 1. The Morgan fingerprint density at radius 1 is 1.19 bits per heavy atom. The van der Waals surface area contributed by atoms with Crippen molar-refractivity contribution in [3.05, 3.63) is 52.3 Å². The zero-order chi connectivity index (χ0) is 15.7. The molecule has 0 atom stereocenters. The van der Waals surface area contributed by atoms with E-state index in [2.05, 4.69) is 10.3 Å². The van der Waals surface area contributed by atoms with E-state index in [1.54, 1.807) is 0 Å². The number of nitrogens with one attached hydrogen (secondary N) is 2. The number of halogens is 2. The van der Waals surface area contributed by atoms with E-state index in [9.17, 15) is 18.4 Å². The van der Waals surface area contributed by atoms with Gasteiger partial charge in [-0.05, 0) is 25.5 Å². The minimum absolute atomic E-state index is 0.0506. The normalized spacial score (nSPS) is 10.5. The maximum absolute atomic E-state index is 13.9. The number of hydrogen-bond donors (Lipinski definition) is 3. The number of amides is 1. The van der Waals surface area contributed by atoms with Crippen LogP contribution >= 0.6 is 0 Å². The Hall–Kier alpha value is -2.70. The van der Waals surface area contributed by atoms with Crippen LogP contribution in [0.5, 0.6) is 0 Å². The lowest BCUT2D eigenvalue weighted by Gasteiger charge is -2.08. The summed E-state index contributed by atoms with van der Waals surface area (Å²) in [7, 11) is 0. The summed E-state index contributed by atoms with van der Waals surface area (Å²) in [5.41, 5.74) is -0.513. The first-order valence-corrected chi connectivity index (χ1v) is 6.00. The number of carboxylic acid groups (broad SMARTS) is 1. The molecule has 0 saturated carbocycles. The SMILES string of the molecule is Cc1ccc(F)c(C(=O)Nc2c[nH]c(C)c2C(=O)O)c1F. The monoisotopic (exact) mass is 294 g/mol. The molecule has 0 aliphatic carbocycles. The van der Waals surface area contributed by atoms with Crippen molar-refractivity contribution in [2.75, 3.05) is 5.32 Å². The fourth-order valence-corrected chi connectivity index (χ4v) is 1.95. The van der Waals surface area contributed by atoms with Gasteiger partial charge in [-0.25, -0.2) is 13.6 Å². The van der Waals surface area contributed by atoms with Crippen LogP contribution < -0.4 is 5.32 Å². The van der Waals surface area contributed by atoms with Crippen LogP contribution in [-0.2, 0) is 0 Å². The number of hydrogen-bond acceptors (Lipinski definition) is 2. The second-order valence-electron chi connectivity index (χ2n) is 4.51. The number of carbonyl (C=O) groups is 2. The van der Waals surface area contributed by atoms with E-state index < -0.39 is 29.1 Å². The zero-order valence-corrected chi connectivity index (χ0v) is 11.3. The zero-order valence-electron chi connectivity index (χ0n) is 11.3. The van der Waals surface area contributed by atoms with E-state index in [0.29, 0.717) is 5.69 Å². The number of aromatic amines is 1. The van der Waals surface area contributed by atoms with Gasteiger partial charge in [-0.15, -0.1) is 0 Å². The standard InChI is InChI=1S/C14H12F2N2O3/c1-6-3-4-8(15)11(12(6)16)13(19)18-9-5-17-7(2)10(9)14(20)21/h3-5,17H,1-2H3,(H,18,19)(H,20,21). The van der Waals surface area contributed by atoms with E-state index >= 15 is 0 Å². The molecule has 2 rings (SSSR count). The maximum atomic E-state index is 13.9. The minimum atomic E-state index is -1.26. The van der Waals surface area contributed by atoms with E-state index in [4.69, 9.17) is 5.11 Å². The van der Waals surface area contributed by atoms with Crippen molar-refractivity contribution >= 4 is 17.6 Å². The summed E-state index contributed by atoms with van der Waals surface area (Å²) in [6.07, 6.45) is 1.25. The highest BCUT2D eigenvalue weighted by Crippen LogP contribution is 2.22. The van der Waals surface area contributed by atoms with Crippen LogP contribution in [0.15, 0.2) is 18.3 Å².